The van der Waals surface area contributed by atoms with Gasteiger partial charge in [0.15, 0.2) is 0 Å². The number of esters is 1. The van der Waals surface area contributed by atoms with Gasteiger partial charge in [0.1, 0.15) is 6.61 Å². The first-order chi connectivity index (χ1) is 13.2. The molecule has 1 fully saturated rings. The largest absolute Gasteiger partial charge is 0.463 e. The topological polar surface area (TPSA) is 139 Å². The number of rotatable bonds is 11. The van der Waals surface area contributed by atoms with Crippen LogP contribution in [0.4, 0.5) is 0 Å². The van der Waals surface area contributed by atoms with Gasteiger partial charge in [0, 0.05) is 43.7 Å². The third-order valence-electron chi connectivity index (χ3n) is 4.47. The smallest absolute Gasteiger partial charge is 0.306 e. The molecule has 0 spiro atoms. The highest BCUT2D eigenvalue weighted by Gasteiger charge is 2.33. The van der Waals surface area contributed by atoms with Crippen LogP contribution in [0.25, 0.3) is 10.4 Å². The van der Waals surface area contributed by atoms with E-state index in [0.29, 0.717) is 11.3 Å². The minimum atomic E-state index is -0.504. The maximum atomic E-state index is 11.9. The van der Waals surface area contributed by atoms with Crippen LogP contribution in [-0.2, 0) is 28.7 Å². The highest BCUT2D eigenvalue weighted by molar-refractivity contribution is 6.14. The molecule has 0 aromatic rings. The predicted molar refractivity (Wildman–Crippen MR) is 98.7 cm³/mol. The van der Waals surface area contributed by atoms with Gasteiger partial charge in [-0.1, -0.05) is 25.9 Å². The molecule has 0 saturated carbocycles. The van der Waals surface area contributed by atoms with E-state index in [4.69, 9.17) is 15.0 Å². The Morgan fingerprint density at radius 1 is 1.18 bits per heavy atom. The monoisotopic (exact) mass is 396 g/mol. The lowest BCUT2D eigenvalue weighted by atomic mass is 9.79. The van der Waals surface area contributed by atoms with Crippen LogP contribution in [0.1, 0.15) is 52.9 Å². The Morgan fingerprint density at radius 3 is 2.39 bits per heavy atom. The zero-order chi connectivity index (χ0) is 21.2. The summed E-state index contributed by atoms with van der Waals surface area (Å²) in [5.74, 6) is -1.92. The summed E-state index contributed by atoms with van der Waals surface area (Å²) in [4.78, 5) is 50.1. The van der Waals surface area contributed by atoms with E-state index in [2.05, 4.69) is 10.0 Å². The molecule has 1 aliphatic heterocycles. The minimum Gasteiger partial charge on any atom is -0.463 e. The lowest BCUT2D eigenvalue weighted by Gasteiger charge is -2.28. The first-order valence-electron chi connectivity index (χ1n) is 9.29. The molecule has 1 saturated heterocycles. The van der Waals surface area contributed by atoms with E-state index in [1.807, 2.05) is 20.8 Å². The molecule has 1 unspecified atom stereocenters. The van der Waals surface area contributed by atoms with Crippen LogP contribution in [0.15, 0.2) is 5.11 Å². The molecule has 1 heterocycles. The van der Waals surface area contributed by atoms with Gasteiger partial charge in [-0.3, -0.25) is 19.2 Å². The van der Waals surface area contributed by atoms with Crippen molar-refractivity contribution in [3.05, 3.63) is 10.4 Å². The second kappa shape index (κ2) is 11.4. The van der Waals surface area contributed by atoms with Crippen molar-refractivity contribution in [1.29, 1.82) is 0 Å². The first-order valence-corrected chi connectivity index (χ1v) is 9.29. The van der Waals surface area contributed by atoms with Crippen molar-refractivity contribution < 1.29 is 28.7 Å². The average molecular weight is 396 g/mol. The maximum absolute atomic E-state index is 11.9. The van der Waals surface area contributed by atoms with Gasteiger partial charge in [0.05, 0.1) is 6.61 Å². The molecule has 0 bridgehead atoms. The van der Waals surface area contributed by atoms with Crippen molar-refractivity contribution in [3.8, 4) is 0 Å². The average Bonchev–Trinajstić information content (AvgIpc) is 2.95. The van der Waals surface area contributed by atoms with E-state index in [9.17, 15) is 19.2 Å². The van der Waals surface area contributed by atoms with Gasteiger partial charge >= 0.3 is 5.97 Å². The van der Waals surface area contributed by atoms with Crippen LogP contribution in [0.3, 0.4) is 0 Å². The Kier molecular flexibility index (Phi) is 9.61. The van der Waals surface area contributed by atoms with Crippen molar-refractivity contribution >= 4 is 23.7 Å². The van der Waals surface area contributed by atoms with E-state index < -0.39 is 23.7 Å². The lowest BCUT2D eigenvalue weighted by Crippen LogP contribution is -2.35. The zero-order valence-electron chi connectivity index (χ0n) is 16.7. The highest BCUT2D eigenvalue weighted by Crippen LogP contribution is 2.29. The number of carbonyl (C=O) groups excluding carboxylic acids is 4. The number of amides is 3. The Labute approximate surface area is 164 Å². The number of imide groups is 3. The normalized spacial score (nSPS) is 15.3. The molecule has 28 heavy (non-hydrogen) atoms. The molecule has 1 rings (SSSR count). The molecule has 1 atom stereocenters. The van der Waals surface area contributed by atoms with Crippen molar-refractivity contribution in [2.24, 2.45) is 16.4 Å². The third-order valence-corrected chi connectivity index (χ3v) is 4.47. The van der Waals surface area contributed by atoms with Gasteiger partial charge in [-0.15, -0.1) is 0 Å². The Hall–Kier alpha value is -2.45. The Morgan fingerprint density at radius 2 is 1.82 bits per heavy atom. The molecule has 3 amide bonds. The van der Waals surface area contributed by atoms with Crippen LogP contribution in [0.2, 0.25) is 0 Å². The molecule has 10 nitrogen and oxygen atoms in total. The van der Waals surface area contributed by atoms with Crippen LogP contribution < -0.4 is 0 Å². The van der Waals surface area contributed by atoms with Crippen LogP contribution in [0, 0.1) is 11.3 Å². The fraction of sp³-hybridized carbons (Fsp3) is 0.778. The second-order valence-electron chi connectivity index (χ2n) is 7.63. The number of azide groups is 1. The zero-order valence-corrected chi connectivity index (χ0v) is 16.7. The molecule has 0 aromatic heterocycles. The number of hydrogen-bond acceptors (Lipinski definition) is 7. The van der Waals surface area contributed by atoms with Gasteiger partial charge in [-0.25, -0.2) is 4.90 Å². The molecule has 0 radical (unpaired) electrons. The van der Waals surface area contributed by atoms with E-state index >= 15 is 0 Å². The van der Waals surface area contributed by atoms with Gasteiger partial charge < -0.3 is 9.47 Å². The number of ether oxygens (including phenoxy) is 2. The molecule has 0 aliphatic carbocycles. The quantitative estimate of drug-likeness (QED) is 0.131. The van der Waals surface area contributed by atoms with Crippen LogP contribution in [-0.4, -0.2) is 55.0 Å². The summed E-state index contributed by atoms with van der Waals surface area (Å²) in [5.41, 5.74) is 8.25. The van der Waals surface area contributed by atoms with Crippen LogP contribution >= 0.6 is 0 Å². The number of carbonyl (C=O) groups is 4. The molecule has 10 heteroatoms. The first kappa shape index (κ1) is 23.6. The summed E-state index contributed by atoms with van der Waals surface area (Å²) in [5, 5.41) is 3.55. The van der Waals surface area contributed by atoms with Crippen molar-refractivity contribution in [3.63, 3.8) is 0 Å². The van der Waals surface area contributed by atoms with Gasteiger partial charge in [0.2, 0.25) is 17.7 Å². The molecule has 156 valence electrons. The molecule has 1 aliphatic rings. The molecular formula is C18H28N4O6. The molecular weight excluding hydrogens is 368 g/mol. The summed E-state index contributed by atoms with van der Waals surface area (Å²) >= 11 is 0. The van der Waals surface area contributed by atoms with E-state index in [1.165, 1.54) is 0 Å². The fourth-order valence-electron chi connectivity index (χ4n) is 2.65. The highest BCUT2D eigenvalue weighted by atomic mass is 16.6. The minimum absolute atomic E-state index is 0.0456. The Balaban J connectivity index is 2.17. The van der Waals surface area contributed by atoms with E-state index in [0.717, 1.165) is 0 Å². The Bertz CT molecular complexity index is 620. The summed E-state index contributed by atoms with van der Waals surface area (Å²) < 4.78 is 10.4. The molecule has 0 aromatic carbocycles. The summed E-state index contributed by atoms with van der Waals surface area (Å²) in [7, 11) is 0. The maximum Gasteiger partial charge on any atom is 0.306 e. The fourth-order valence-corrected chi connectivity index (χ4v) is 2.65. The third kappa shape index (κ3) is 8.06. The number of nitrogens with zero attached hydrogens (tertiary/aromatic N) is 4. The molecule has 0 N–H and O–H groups in total. The van der Waals surface area contributed by atoms with Gasteiger partial charge in [-0.05, 0) is 23.3 Å². The van der Waals surface area contributed by atoms with Crippen molar-refractivity contribution in [1.82, 2.24) is 4.90 Å². The van der Waals surface area contributed by atoms with Gasteiger partial charge in [-0.2, -0.15) is 0 Å². The standard InChI is InChI=1S/C18H28N4O6/c1-18(2,3)13(12-20-21-19)11-17(26)28-10-9-27-8-4-5-14(23)22-15(24)6-7-16(22)25/h13H,4-12H2,1-3H3. The van der Waals surface area contributed by atoms with Crippen LogP contribution in [0.5, 0.6) is 0 Å². The summed E-state index contributed by atoms with van der Waals surface area (Å²) in [6, 6.07) is 0. The number of hydrogen-bond donors (Lipinski definition) is 0. The summed E-state index contributed by atoms with van der Waals surface area (Å²) in [6.45, 7) is 6.62. The van der Waals surface area contributed by atoms with Crippen molar-refractivity contribution in [2.75, 3.05) is 26.4 Å². The van der Waals surface area contributed by atoms with E-state index in [-0.39, 0.29) is 63.4 Å². The van der Waals surface area contributed by atoms with Crippen molar-refractivity contribution in [2.45, 2.75) is 52.9 Å². The SMILES string of the molecule is CC(C)(C)C(CN=[N+]=[N-])CC(=O)OCCOCCCC(=O)N1C(=O)CCC1=O. The number of likely N-dealkylation sites (tertiary alicyclic amines) is 1. The lowest BCUT2D eigenvalue weighted by molar-refractivity contribution is -0.149. The van der Waals surface area contributed by atoms with E-state index in [1.54, 1.807) is 0 Å². The predicted octanol–water partition coefficient (Wildman–Crippen LogP) is 2.36. The van der Waals surface area contributed by atoms with Gasteiger partial charge in [0.25, 0.3) is 0 Å². The summed E-state index contributed by atoms with van der Waals surface area (Å²) in [6.07, 6.45) is 0.734. The second-order valence-corrected chi connectivity index (χ2v) is 7.63.